The molecule has 0 amide bonds. The molecule has 8 nitrogen and oxygen atoms in total. The molecule has 2 aromatic carbocycles. The smallest absolute Gasteiger partial charge is 0.311 e. The largest absolute Gasteiger partial charge is 0.502 e. The highest BCUT2D eigenvalue weighted by atomic mass is 16.6. The average Bonchev–Trinajstić information content (AvgIpc) is 2.96. The van der Waals surface area contributed by atoms with E-state index in [9.17, 15) is 15.2 Å². The van der Waals surface area contributed by atoms with E-state index < -0.39 is 10.7 Å². The molecule has 134 valence electrons. The van der Waals surface area contributed by atoms with Gasteiger partial charge in [0.2, 0.25) is 11.7 Å². The van der Waals surface area contributed by atoms with E-state index in [0.717, 1.165) is 17.6 Å². The van der Waals surface area contributed by atoms with Crippen LogP contribution in [-0.4, -0.2) is 51.3 Å². The molecule has 0 spiro atoms. The highest BCUT2D eigenvalue weighted by Crippen LogP contribution is 2.29. The van der Waals surface area contributed by atoms with Crippen LogP contribution in [0.25, 0.3) is 11.0 Å². The number of imidazole rings is 1. The number of phenolic OH excluding ortho intramolecular Hbond substituents is 1. The zero-order valence-electron chi connectivity index (χ0n) is 14.5. The van der Waals surface area contributed by atoms with Crippen LogP contribution in [0.4, 0.5) is 11.6 Å². The summed E-state index contributed by atoms with van der Waals surface area (Å²) in [7, 11) is 3.98. The van der Waals surface area contributed by atoms with Gasteiger partial charge >= 0.3 is 5.69 Å². The third-order valence-corrected chi connectivity index (χ3v) is 3.97. The molecule has 1 aromatic heterocycles. The van der Waals surface area contributed by atoms with Crippen molar-refractivity contribution >= 4 is 28.9 Å². The lowest BCUT2D eigenvalue weighted by atomic mass is 10.2. The minimum absolute atomic E-state index is 0.269. The van der Waals surface area contributed by atoms with Gasteiger partial charge in [0.25, 0.3) is 0 Å². The summed E-state index contributed by atoms with van der Waals surface area (Å²) in [6.07, 6.45) is 1.40. The van der Waals surface area contributed by atoms with Gasteiger partial charge in [0.1, 0.15) is 0 Å². The Morgan fingerprint density at radius 1 is 1.27 bits per heavy atom. The predicted octanol–water partition coefficient (Wildman–Crippen LogP) is 2.96. The monoisotopic (exact) mass is 353 g/mol. The van der Waals surface area contributed by atoms with Gasteiger partial charge < -0.3 is 14.6 Å². The van der Waals surface area contributed by atoms with E-state index in [1.807, 2.05) is 42.9 Å². The van der Waals surface area contributed by atoms with Crippen molar-refractivity contribution in [1.29, 1.82) is 0 Å². The lowest BCUT2D eigenvalue weighted by molar-refractivity contribution is -0.385. The molecule has 0 aliphatic heterocycles. The van der Waals surface area contributed by atoms with Crippen LogP contribution in [0.5, 0.6) is 5.75 Å². The summed E-state index contributed by atoms with van der Waals surface area (Å²) in [5.74, 6) is 0.0798. The Balaban J connectivity index is 2.00. The van der Waals surface area contributed by atoms with E-state index in [0.29, 0.717) is 12.5 Å². The van der Waals surface area contributed by atoms with Crippen LogP contribution < -0.4 is 0 Å². The Morgan fingerprint density at radius 2 is 2.04 bits per heavy atom. The molecule has 0 saturated heterocycles. The molecule has 0 aliphatic carbocycles. The molecule has 8 heteroatoms. The fourth-order valence-corrected chi connectivity index (χ4v) is 2.61. The number of nitro benzene ring substituents is 1. The number of aromatic nitrogens is 2. The lowest BCUT2D eigenvalue weighted by Crippen LogP contribution is -2.18. The van der Waals surface area contributed by atoms with Crippen molar-refractivity contribution in [1.82, 2.24) is 14.5 Å². The molecule has 26 heavy (non-hydrogen) atoms. The summed E-state index contributed by atoms with van der Waals surface area (Å²) in [5.41, 5.74) is 1.70. The maximum absolute atomic E-state index is 10.9. The van der Waals surface area contributed by atoms with Gasteiger partial charge in [0.15, 0.2) is 0 Å². The molecular weight excluding hydrogens is 334 g/mol. The number of phenols is 1. The number of likely N-dealkylation sites (N-methyl/N-ethyl adjacent to an activating group) is 1. The number of aromatic hydroxyl groups is 1. The number of aliphatic imine (C=N–C) groups is 1. The van der Waals surface area contributed by atoms with Gasteiger partial charge in [-0.05, 0) is 32.3 Å². The molecule has 3 aromatic rings. The maximum Gasteiger partial charge on any atom is 0.311 e. The first-order chi connectivity index (χ1) is 12.5. The van der Waals surface area contributed by atoms with Gasteiger partial charge in [-0.3, -0.25) is 10.1 Å². The number of fused-ring (bicyclic) bond motifs is 1. The number of hydrogen-bond donors (Lipinski definition) is 1. The van der Waals surface area contributed by atoms with Crippen molar-refractivity contribution in [2.75, 3.05) is 20.6 Å². The number of benzene rings is 2. The van der Waals surface area contributed by atoms with E-state index in [2.05, 4.69) is 14.9 Å². The summed E-state index contributed by atoms with van der Waals surface area (Å²) < 4.78 is 1.99. The van der Waals surface area contributed by atoms with Gasteiger partial charge in [0.05, 0.1) is 16.0 Å². The third-order valence-electron chi connectivity index (χ3n) is 3.97. The van der Waals surface area contributed by atoms with Crippen molar-refractivity contribution in [2.24, 2.45) is 4.99 Å². The van der Waals surface area contributed by atoms with Gasteiger partial charge in [-0.15, -0.1) is 0 Å². The molecule has 0 bridgehead atoms. The second-order valence-corrected chi connectivity index (χ2v) is 6.09. The maximum atomic E-state index is 10.9. The minimum Gasteiger partial charge on any atom is -0.502 e. The van der Waals surface area contributed by atoms with E-state index in [4.69, 9.17) is 0 Å². The lowest BCUT2D eigenvalue weighted by Gasteiger charge is -2.11. The fourth-order valence-electron chi connectivity index (χ4n) is 2.61. The molecule has 0 saturated carbocycles. The molecule has 0 fully saturated rings. The molecule has 1 heterocycles. The van der Waals surface area contributed by atoms with Crippen LogP contribution in [0, 0.1) is 10.1 Å². The van der Waals surface area contributed by atoms with Crippen LogP contribution in [0.2, 0.25) is 0 Å². The Morgan fingerprint density at radius 3 is 2.77 bits per heavy atom. The van der Waals surface area contributed by atoms with Crippen molar-refractivity contribution in [2.45, 2.75) is 6.54 Å². The van der Waals surface area contributed by atoms with Crippen LogP contribution in [0.15, 0.2) is 47.5 Å². The normalized spacial score (nSPS) is 11.7. The number of hydrogen-bond acceptors (Lipinski definition) is 6. The summed E-state index contributed by atoms with van der Waals surface area (Å²) in [4.78, 5) is 21.3. The second kappa shape index (κ2) is 7.32. The predicted molar refractivity (Wildman–Crippen MR) is 100 cm³/mol. The Hall–Kier alpha value is -3.26. The average molecular weight is 353 g/mol. The van der Waals surface area contributed by atoms with Crippen LogP contribution in [-0.2, 0) is 6.54 Å². The SMILES string of the molecule is CN(C)CCn1c(/N=C/c2cccc([N+](=O)[O-])c2O)nc2ccccc21. The first-order valence-electron chi connectivity index (χ1n) is 8.08. The molecule has 0 radical (unpaired) electrons. The highest BCUT2D eigenvalue weighted by molar-refractivity contribution is 5.87. The molecule has 1 N–H and O–H groups in total. The second-order valence-electron chi connectivity index (χ2n) is 6.09. The summed E-state index contributed by atoms with van der Waals surface area (Å²) in [6.45, 7) is 1.51. The summed E-state index contributed by atoms with van der Waals surface area (Å²) in [5, 5.41) is 21.0. The van der Waals surface area contributed by atoms with Crippen LogP contribution in [0.1, 0.15) is 5.56 Å². The summed E-state index contributed by atoms with van der Waals surface area (Å²) in [6, 6.07) is 12.1. The van der Waals surface area contributed by atoms with E-state index in [1.165, 1.54) is 18.3 Å². The summed E-state index contributed by atoms with van der Waals surface area (Å²) >= 11 is 0. The minimum atomic E-state index is -0.626. The highest BCUT2D eigenvalue weighted by Gasteiger charge is 2.15. The first-order valence-corrected chi connectivity index (χ1v) is 8.08. The van der Waals surface area contributed by atoms with Crippen LogP contribution in [0.3, 0.4) is 0 Å². The number of rotatable bonds is 6. The van der Waals surface area contributed by atoms with Gasteiger partial charge in [-0.1, -0.05) is 18.2 Å². The van der Waals surface area contributed by atoms with Crippen molar-refractivity contribution < 1.29 is 10.0 Å². The van der Waals surface area contributed by atoms with E-state index in [1.54, 1.807) is 6.07 Å². The number of nitrogens with zero attached hydrogens (tertiary/aromatic N) is 5. The zero-order valence-corrected chi connectivity index (χ0v) is 14.5. The van der Waals surface area contributed by atoms with Gasteiger partial charge in [0, 0.05) is 30.9 Å². The molecule has 0 atom stereocenters. The standard InChI is InChI=1S/C18H19N5O3/c1-21(2)10-11-22-15-8-4-3-7-14(15)20-18(22)19-12-13-6-5-9-16(17(13)24)23(25)26/h3-9,12,24H,10-11H2,1-2H3/b19-12+. The zero-order chi connectivity index (χ0) is 18.7. The van der Waals surface area contributed by atoms with Crippen LogP contribution >= 0.6 is 0 Å². The van der Waals surface area contributed by atoms with Crippen molar-refractivity contribution in [3.8, 4) is 5.75 Å². The Bertz CT molecular complexity index is 978. The van der Waals surface area contributed by atoms with Gasteiger partial charge in [-0.25, -0.2) is 9.98 Å². The van der Waals surface area contributed by atoms with Crippen molar-refractivity contribution in [3.63, 3.8) is 0 Å². The Kier molecular flexibility index (Phi) is 4.94. The van der Waals surface area contributed by atoms with Crippen molar-refractivity contribution in [3.05, 3.63) is 58.1 Å². The quantitative estimate of drug-likeness (QED) is 0.417. The number of nitro groups is 1. The number of para-hydroxylation sites is 3. The van der Waals surface area contributed by atoms with Gasteiger partial charge in [-0.2, -0.15) is 0 Å². The molecular formula is C18H19N5O3. The topological polar surface area (TPSA) is 96.8 Å². The van der Waals surface area contributed by atoms with E-state index >= 15 is 0 Å². The Labute approximate surface area is 150 Å². The molecule has 3 rings (SSSR count). The van der Waals surface area contributed by atoms with E-state index in [-0.39, 0.29) is 11.3 Å². The first kappa shape index (κ1) is 17.6. The molecule has 0 unspecified atom stereocenters. The molecule has 0 aliphatic rings. The fraction of sp³-hybridized carbons (Fsp3) is 0.222. The third kappa shape index (κ3) is 3.55.